The van der Waals surface area contributed by atoms with Crippen molar-refractivity contribution in [2.75, 3.05) is 6.61 Å². The van der Waals surface area contributed by atoms with Crippen LogP contribution >= 0.6 is 0 Å². The lowest BCUT2D eigenvalue weighted by atomic mass is 10.4. The van der Waals surface area contributed by atoms with Crippen LogP contribution in [0.15, 0.2) is 23.3 Å². The lowest BCUT2D eigenvalue weighted by Gasteiger charge is -2.03. The van der Waals surface area contributed by atoms with Gasteiger partial charge in [-0.1, -0.05) is 0 Å². The van der Waals surface area contributed by atoms with Crippen LogP contribution in [0.4, 0.5) is 0 Å². The Balaban J connectivity index is 2.82. The molecule has 0 aromatic carbocycles. The molecular formula is C8H9NO4. The number of nitrogens with zero attached hydrogens (tertiary/aromatic N) is 1. The lowest BCUT2D eigenvalue weighted by molar-refractivity contribution is -0.139. The fourth-order valence-electron chi connectivity index (χ4n) is 0.807. The Morgan fingerprint density at radius 1 is 1.69 bits per heavy atom. The van der Waals surface area contributed by atoms with Crippen molar-refractivity contribution in [2.45, 2.75) is 0 Å². The quantitative estimate of drug-likeness (QED) is 0.707. The highest BCUT2D eigenvalue weighted by Gasteiger charge is 2.02. The van der Waals surface area contributed by atoms with E-state index < -0.39 is 12.6 Å². The molecule has 1 heterocycles. The minimum absolute atomic E-state index is 0.0485. The number of aromatic nitrogens is 1. The van der Waals surface area contributed by atoms with Crippen LogP contribution in [-0.4, -0.2) is 22.2 Å². The first-order chi connectivity index (χ1) is 6.09. The van der Waals surface area contributed by atoms with E-state index in [-0.39, 0.29) is 11.2 Å². The van der Waals surface area contributed by atoms with Crippen LogP contribution in [0.1, 0.15) is 0 Å². The molecule has 5 nitrogen and oxygen atoms in total. The van der Waals surface area contributed by atoms with Crippen molar-refractivity contribution in [3.05, 3.63) is 28.7 Å². The molecule has 0 unspecified atom stereocenters. The first-order valence-corrected chi connectivity index (χ1v) is 3.60. The molecule has 5 heteroatoms. The summed E-state index contributed by atoms with van der Waals surface area (Å²) in [6, 6.07) is 1.32. The Bertz CT molecular complexity index is 369. The fraction of sp³-hybridized carbons (Fsp3) is 0.250. The number of aryl methyl sites for hydroxylation is 1. The maximum absolute atomic E-state index is 11.1. The molecule has 0 radical (unpaired) electrons. The summed E-state index contributed by atoms with van der Waals surface area (Å²) in [5.41, 5.74) is -0.320. The number of carboxylic acids is 1. The summed E-state index contributed by atoms with van der Waals surface area (Å²) < 4.78 is 6.36. The van der Waals surface area contributed by atoms with Crippen molar-refractivity contribution < 1.29 is 14.6 Å². The average Bonchev–Trinajstić information content (AvgIpc) is 2.06. The highest BCUT2D eigenvalue weighted by molar-refractivity contribution is 5.68. The molecule has 1 aromatic heterocycles. The molecule has 0 spiro atoms. The van der Waals surface area contributed by atoms with Crippen molar-refractivity contribution in [2.24, 2.45) is 7.05 Å². The highest BCUT2D eigenvalue weighted by atomic mass is 16.5. The zero-order valence-corrected chi connectivity index (χ0v) is 7.06. The minimum Gasteiger partial charge on any atom is -0.479 e. The summed E-state index contributed by atoms with van der Waals surface area (Å²) in [5.74, 6) is -1.06. The summed E-state index contributed by atoms with van der Waals surface area (Å²) >= 11 is 0. The van der Waals surface area contributed by atoms with Gasteiger partial charge in [0.1, 0.15) is 0 Å². The van der Waals surface area contributed by atoms with Gasteiger partial charge in [0.05, 0.1) is 0 Å². The second-order valence-corrected chi connectivity index (χ2v) is 2.52. The van der Waals surface area contributed by atoms with Crippen molar-refractivity contribution >= 4 is 5.97 Å². The maximum atomic E-state index is 11.1. The van der Waals surface area contributed by atoms with E-state index in [9.17, 15) is 9.59 Å². The molecule has 1 N–H and O–H groups in total. The van der Waals surface area contributed by atoms with E-state index in [2.05, 4.69) is 0 Å². The average molecular weight is 183 g/mol. The Kier molecular flexibility index (Phi) is 2.69. The second kappa shape index (κ2) is 3.75. The van der Waals surface area contributed by atoms with Crippen molar-refractivity contribution in [1.29, 1.82) is 0 Å². The van der Waals surface area contributed by atoms with E-state index in [1.54, 1.807) is 17.8 Å². The van der Waals surface area contributed by atoms with E-state index in [0.717, 1.165) is 0 Å². The summed E-state index contributed by atoms with van der Waals surface area (Å²) in [4.78, 5) is 21.2. The smallest absolute Gasteiger partial charge is 0.341 e. The van der Waals surface area contributed by atoms with Crippen LogP contribution in [-0.2, 0) is 11.8 Å². The van der Waals surface area contributed by atoms with Crippen molar-refractivity contribution in [1.82, 2.24) is 4.57 Å². The van der Waals surface area contributed by atoms with E-state index >= 15 is 0 Å². The topological polar surface area (TPSA) is 68.5 Å². The number of pyridine rings is 1. The van der Waals surface area contributed by atoms with E-state index in [1.807, 2.05) is 0 Å². The van der Waals surface area contributed by atoms with Crippen molar-refractivity contribution in [3.8, 4) is 5.75 Å². The molecule has 0 bridgehead atoms. The Morgan fingerprint density at radius 3 is 3.00 bits per heavy atom. The van der Waals surface area contributed by atoms with Gasteiger partial charge in [-0.15, -0.1) is 0 Å². The van der Waals surface area contributed by atoms with Gasteiger partial charge >= 0.3 is 5.97 Å². The van der Waals surface area contributed by atoms with E-state index in [0.29, 0.717) is 0 Å². The summed E-state index contributed by atoms with van der Waals surface area (Å²) in [5, 5.41) is 8.30. The third kappa shape index (κ3) is 2.62. The summed E-state index contributed by atoms with van der Waals surface area (Å²) in [7, 11) is 1.72. The van der Waals surface area contributed by atoms with Gasteiger partial charge in [-0.25, -0.2) is 4.79 Å². The number of carbonyl (C=O) groups is 1. The third-order valence-electron chi connectivity index (χ3n) is 1.38. The van der Waals surface area contributed by atoms with E-state index in [4.69, 9.17) is 9.84 Å². The molecule has 0 saturated carbocycles. The van der Waals surface area contributed by atoms with Gasteiger partial charge in [0.25, 0.3) is 0 Å². The van der Waals surface area contributed by atoms with Crippen LogP contribution in [0.2, 0.25) is 0 Å². The first kappa shape index (κ1) is 9.31. The maximum Gasteiger partial charge on any atom is 0.341 e. The van der Waals surface area contributed by atoms with Gasteiger partial charge in [-0.3, -0.25) is 4.79 Å². The number of carboxylic acid groups (broad SMARTS) is 1. The number of aliphatic carboxylic acids is 1. The predicted molar refractivity (Wildman–Crippen MR) is 44.8 cm³/mol. The fourth-order valence-corrected chi connectivity index (χ4v) is 0.807. The molecule has 0 aliphatic carbocycles. The highest BCUT2D eigenvalue weighted by Crippen LogP contribution is 2.00. The van der Waals surface area contributed by atoms with Gasteiger partial charge < -0.3 is 14.4 Å². The first-order valence-electron chi connectivity index (χ1n) is 3.60. The number of hydrogen-bond donors (Lipinski definition) is 1. The molecule has 13 heavy (non-hydrogen) atoms. The van der Waals surface area contributed by atoms with Crippen LogP contribution < -0.4 is 10.2 Å². The van der Waals surface area contributed by atoms with Gasteiger partial charge in [0.2, 0.25) is 5.43 Å². The Hall–Kier alpha value is -1.78. The van der Waals surface area contributed by atoms with Gasteiger partial charge in [-0.05, 0) is 0 Å². The molecule has 0 fully saturated rings. The van der Waals surface area contributed by atoms with Crippen molar-refractivity contribution in [3.63, 3.8) is 0 Å². The number of hydrogen-bond acceptors (Lipinski definition) is 3. The molecule has 0 amide bonds. The van der Waals surface area contributed by atoms with Crippen LogP contribution in [0.25, 0.3) is 0 Å². The van der Waals surface area contributed by atoms with Crippen LogP contribution in [0.3, 0.4) is 0 Å². The van der Waals surface area contributed by atoms with Gasteiger partial charge in [0, 0.05) is 25.5 Å². The largest absolute Gasteiger partial charge is 0.479 e. The SMILES string of the molecule is Cn1ccc(=O)c(OCC(=O)O)c1. The normalized spacial score (nSPS) is 9.62. The molecular weight excluding hydrogens is 174 g/mol. The molecule has 0 aliphatic heterocycles. The zero-order valence-electron chi connectivity index (χ0n) is 7.06. The summed E-state index contributed by atoms with van der Waals surface area (Å²) in [6.07, 6.45) is 3.00. The Morgan fingerprint density at radius 2 is 2.38 bits per heavy atom. The summed E-state index contributed by atoms with van der Waals surface area (Å²) in [6.45, 7) is -0.501. The van der Waals surface area contributed by atoms with Gasteiger partial charge in [0.15, 0.2) is 12.4 Å². The number of ether oxygens (including phenoxy) is 1. The Labute approximate surface area is 74.2 Å². The molecule has 1 aromatic rings. The molecule has 0 saturated heterocycles. The van der Waals surface area contributed by atoms with E-state index in [1.165, 1.54) is 12.3 Å². The molecule has 0 aliphatic rings. The zero-order chi connectivity index (χ0) is 9.84. The molecule has 0 atom stereocenters. The lowest BCUT2D eigenvalue weighted by Crippen LogP contribution is -2.15. The van der Waals surface area contributed by atoms with Crippen LogP contribution in [0, 0.1) is 0 Å². The third-order valence-corrected chi connectivity index (χ3v) is 1.38. The monoisotopic (exact) mass is 183 g/mol. The molecule has 1 rings (SSSR count). The number of rotatable bonds is 3. The minimum atomic E-state index is -1.11. The molecule has 70 valence electrons. The standard InChI is InChI=1S/C8H9NO4/c1-9-3-2-6(10)7(4-9)13-5-8(11)12/h2-4H,5H2,1H3,(H,11,12). The van der Waals surface area contributed by atoms with Crippen LogP contribution in [0.5, 0.6) is 5.75 Å². The predicted octanol–water partition coefficient (Wildman–Crippen LogP) is -0.151. The van der Waals surface area contributed by atoms with Gasteiger partial charge in [-0.2, -0.15) is 0 Å². The second-order valence-electron chi connectivity index (χ2n) is 2.52.